The number of aromatic nitrogens is 1. The molecule has 12 heavy (non-hydrogen) atoms. The first-order chi connectivity index (χ1) is 5.52. The summed E-state index contributed by atoms with van der Waals surface area (Å²) in [5.41, 5.74) is 0.145. The van der Waals surface area contributed by atoms with Crippen molar-refractivity contribution in [3.8, 4) is 0 Å². The molecular weight excluding hydrogens is 251 g/mol. The van der Waals surface area contributed by atoms with Crippen molar-refractivity contribution in [2.24, 2.45) is 0 Å². The van der Waals surface area contributed by atoms with E-state index in [0.717, 1.165) is 0 Å². The van der Waals surface area contributed by atoms with Crippen molar-refractivity contribution >= 4 is 27.5 Å². The fraction of sp³-hybridized carbons (Fsp3) is 0.286. The molecule has 0 N–H and O–H groups in total. The highest BCUT2D eigenvalue weighted by Gasteiger charge is 2.14. The van der Waals surface area contributed by atoms with Crippen molar-refractivity contribution in [2.45, 2.75) is 13.3 Å². The van der Waals surface area contributed by atoms with Crippen LogP contribution in [0.1, 0.15) is 17.8 Å². The molecule has 1 aromatic rings. The lowest BCUT2D eigenvalue weighted by atomic mass is 10.3. The maximum absolute atomic E-state index is 12.2. The van der Waals surface area contributed by atoms with Gasteiger partial charge in [0.15, 0.2) is 0 Å². The van der Waals surface area contributed by atoms with Crippen molar-refractivity contribution in [3.05, 3.63) is 26.9 Å². The minimum absolute atomic E-state index is 0.244. The predicted octanol–water partition coefficient (Wildman–Crippen LogP) is 3.74. The average Bonchev–Trinajstić information content (AvgIpc) is 1.96. The number of hydrogen-bond acceptors (Lipinski definition) is 1. The van der Waals surface area contributed by atoms with Gasteiger partial charge in [-0.15, -0.1) is 0 Å². The van der Waals surface area contributed by atoms with Gasteiger partial charge in [0, 0.05) is 4.47 Å². The first-order valence-corrected chi connectivity index (χ1v) is 4.30. The Hall–Kier alpha value is -0.220. The minimum Gasteiger partial charge on any atom is -0.249 e. The largest absolute Gasteiger partial charge is 0.281 e. The van der Waals surface area contributed by atoms with Crippen LogP contribution in [0.25, 0.3) is 0 Å². The molecule has 1 aromatic heterocycles. The van der Waals surface area contributed by atoms with Gasteiger partial charge in [0.2, 0.25) is 0 Å². The van der Waals surface area contributed by atoms with Crippen LogP contribution in [0.5, 0.6) is 0 Å². The predicted molar refractivity (Wildman–Crippen MR) is 46.6 cm³/mol. The number of rotatable bonds is 1. The van der Waals surface area contributed by atoms with E-state index in [1.54, 1.807) is 6.92 Å². The Kier molecular flexibility index (Phi) is 3.01. The van der Waals surface area contributed by atoms with Crippen LogP contribution in [0.2, 0.25) is 5.02 Å². The van der Waals surface area contributed by atoms with Crippen molar-refractivity contribution in [1.82, 2.24) is 4.98 Å². The number of pyridine rings is 1. The highest BCUT2D eigenvalue weighted by atomic mass is 79.9. The molecule has 0 radical (unpaired) electrons. The molecule has 0 fully saturated rings. The van der Waals surface area contributed by atoms with Crippen LogP contribution < -0.4 is 0 Å². The fourth-order valence-corrected chi connectivity index (χ4v) is 1.50. The Morgan fingerprint density at radius 3 is 2.67 bits per heavy atom. The van der Waals surface area contributed by atoms with Gasteiger partial charge >= 0.3 is 0 Å². The van der Waals surface area contributed by atoms with Crippen molar-refractivity contribution in [3.63, 3.8) is 0 Å². The summed E-state index contributed by atoms with van der Waals surface area (Å²) in [5, 5.41) is 0.381. The quantitative estimate of drug-likeness (QED) is 0.746. The average molecular weight is 256 g/mol. The van der Waals surface area contributed by atoms with Gasteiger partial charge in [0.25, 0.3) is 6.43 Å². The summed E-state index contributed by atoms with van der Waals surface area (Å²) >= 11 is 8.61. The summed E-state index contributed by atoms with van der Waals surface area (Å²) in [6.45, 7) is 1.58. The smallest absolute Gasteiger partial charge is 0.249 e. The normalized spacial score (nSPS) is 10.8. The fourth-order valence-electron chi connectivity index (χ4n) is 0.730. The molecule has 0 aliphatic carbocycles. The molecule has 1 nitrogen and oxygen atoms in total. The van der Waals surface area contributed by atoms with Crippen LogP contribution in [0.3, 0.4) is 0 Å². The third-order valence-electron chi connectivity index (χ3n) is 1.34. The zero-order chi connectivity index (χ0) is 9.30. The molecular formula is C7H5BrClF2N. The summed E-state index contributed by atoms with van der Waals surface area (Å²) in [7, 11) is 0. The Morgan fingerprint density at radius 1 is 1.58 bits per heavy atom. The summed E-state index contributed by atoms with van der Waals surface area (Å²) in [5.74, 6) is 0. The lowest BCUT2D eigenvalue weighted by Crippen LogP contribution is -1.94. The van der Waals surface area contributed by atoms with Crippen molar-refractivity contribution in [1.29, 1.82) is 0 Å². The monoisotopic (exact) mass is 255 g/mol. The highest BCUT2D eigenvalue weighted by molar-refractivity contribution is 9.10. The third kappa shape index (κ3) is 1.93. The minimum atomic E-state index is -2.57. The van der Waals surface area contributed by atoms with Gasteiger partial charge in [0.05, 0.1) is 10.7 Å². The number of aryl methyl sites for hydroxylation is 1. The lowest BCUT2D eigenvalue weighted by molar-refractivity contribution is 0.145. The van der Waals surface area contributed by atoms with Gasteiger partial charge in [-0.05, 0) is 28.9 Å². The Bertz CT molecular complexity index is 304. The number of hydrogen-bond donors (Lipinski definition) is 0. The second kappa shape index (κ2) is 3.66. The molecule has 0 bridgehead atoms. The first kappa shape index (κ1) is 9.86. The molecule has 0 saturated carbocycles. The number of nitrogens with zero attached hydrogens (tertiary/aromatic N) is 1. The SMILES string of the molecule is Cc1nc(C(F)F)c(Br)cc1Cl. The molecule has 0 spiro atoms. The third-order valence-corrected chi connectivity index (χ3v) is 2.36. The standard InChI is InChI=1S/C7H5BrClF2N/c1-3-5(9)2-4(8)6(12-3)7(10)11/h2,7H,1H3. The molecule has 0 aliphatic heterocycles. The molecule has 1 rings (SSSR count). The molecule has 0 amide bonds. The first-order valence-electron chi connectivity index (χ1n) is 3.13. The molecule has 1 heterocycles. The van der Waals surface area contributed by atoms with E-state index in [4.69, 9.17) is 11.6 Å². The van der Waals surface area contributed by atoms with Crippen LogP contribution in [-0.4, -0.2) is 4.98 Å². The summed E-state index contributed by atoms with van der Waals surface area (Å²) < 4.78 is 24.7. The second-order valence-corrected chi connectivity index (χ2v) is 3.48. The Balaban J connectivity index is 3.23. The summed E-state index contributed by atoms with van der Waals surface area (Å²) in [4.78, 5) is 3.64. The van der Waals surface area contributed by atoms with E-state index in [2.05, 4.69) is 20.9 Å². The zero-order valence-electron chi connectivity index (χ0n) is 6.11. The van der Waals surface area contributed by atoms with E-state index in [9.17, 15) is 8.78 Å². The van der Waals surface area contributed by atoms with E-state index in [1.165, 1.54) is 6.07 Å². The van der Waals surface area contributed by atoms with E-state index in [-0.39, 0.29) is 10.2 Å². The maximum atomic E-state index is 12.2. The molecule has 66 valence electrons. The molecule has 0 unspecified atom stereocenters. The Labute approximate surface area is 81.9 Å². The molecule has 0 atom stereocenters. The van der Waals surface area contributed by atoms with Crippen molar-refractivity contribution < 1.29 is 8.78 Å². The van der Waals surface area contributed by atoms with Gasteiger partial charge in [0.1, 0.15) is 5.69 Å². The van der Waals surface area contributed by atoms with Gasteiger partial charge < -0.3 is 0 Å². The van der Waals surface area contributed by atoms with E-state index in [0.29, 0.717) is 10.7 Å². The number of alkyl halides is 2. The highest BCUT2D eigenvalue weighted by Crippen LogP contribution is 2.28. The lowest BCUT2D eigenvalue weighted by Gasteiger charge is -2.04. The molecule has 0 saturated heterocycles. The summed E-state index contributed by atoms with van der Waals surface area (Å²) in [6.07, 6.45) is -2.57. The van der Waals surface area contributed by atoms with Crippen LogP contribution in [0.15, 0.2) is 10.5 Å². The van der Waals surface area contributed by atoms with Gasteiger partial charge in [-0.3, -0.25) is 0 Å². The van der Waals surface area contributed by atoms with Crippen molar-refractivity contribution in [2.75, 3.05) is 0 Å². The topological polar surface area (TPSA) is 12.9 Å². The molecule has 5 heteroatoms. The van der Waals surface area contributed by atoms with Gasteiger partial charge in [-0.2, -0.15) is 0 Å². The van der Waals surface area contributed by atoms with Gasteiger partial charge in [-0.25, -0.2) is 13.8 Å². The Morgan fingerprint density at radius 2 is 2.17 bits per heavy atom. The van der Waals surface area contributed by atoms with Gasteiger partial charge in [-0.1, -0.05) is 11.6 Å². The van der Waals surface area contributed by atoms with Crippen LogP contribution in [0, 0.1) is 6.92 Å². The summed E-state index contributed by atoms with van der Waals surface area (Å²) in [6, 6.07) is 1.42. The maximum Gasteiger partial charge on any atom is 0.281 e. The number of halogens is 4. The zero-order valence-corrected chi connectivity index (χ0v) is 8.46. The van der Waals surface area contributed by atoms with Crippen LogP contribution in [0.4, 0.5) is 8.78 Å². The van der Waals surface area contributed by atoms with Crippen LogP contribution in [-0.2, 0) is 0 Å². The van der Waals surface area contributed by atoms with E-state index < -0.39 is 6.43 Å². The molecule has 0 aliphatic rings. The molecule has 0 aromatic carbocycles. The van der Waals surface area contributed by atoms with Crippen LogP contribution >= 0.6 is 27.5 Å². The van der Waals surface area contributed by atoms with E-state index >= 15 is 0 Å². The second-order valence-electron chi connectivity index (χ2n) is 2.22. The van der Waals surface area contributed by atoms with E-state index in [1.807, 2.05) is 0 Å².